The van der Waals surface area contributed by atoms with Gasteiger partial charge in [-0.25, -0.2) is 8.78 Å². The molecule has 0 fully saturated rings. The Balaban J connectivity index is 1.74. The molecule has 0 bridgehead atoms. The second kappa shape index (κ2) is 7.56. The predicted octanol–water partition coefficient (Wildman–Crippen LogP) is 3.76. The maximum atomic E-state index is 13.6. The van der Waals surface area contributed by atoms with E-state index in [4.69, 9.17) is 4.74 Å². The number of halogens is 2. The Bertz CT molecular complexity index is 912. The number of methoxy groups -OCH3 is 1. The molecule has 26 heavy (non-hydrogen) atoms. The summed E-state index contributed by atoms with van der Waals surface area (Å²) in [6, 6.07) is 13.4. The van der Waals surface area contributed by atoms with Gasteiger partial charge in [0.15, 0.2) is 11.5 Å². The Kier molecular flexibility index (Phi) is 5.02. The number of aromatic nitrogens is 2. The molecule has 0 unspecified atom stereocenters. The third-order valence-electron chi connectivity index (χ3n) is 3.47. The summed E-state index contributed by atoms with van der Waals surface area (Å²) in [5.74, 6) is -1.53. The number of rotatable bonds is 5. The predicted molar refractivity (Wildman–Crippen MR) is 92.6 cm³/mol. The molecule has 0 aliphatic rings. The van der Waals surface area contributed by atoms with Crippen LogP contribution < -0.4 is 15.4 Å². The smallest absolute Gasteiger partial charge is 0.276 e. The number of benzene rings is 2. The van der Waals surface area contributed by atoms with Crippen molar-refractivity contribution in [1.29, 1.82) is 0 Å². The van der Waals surface area contributed by atoms with Crippen LogP contribution in [0.4, 0.5) is 26.0 Å². The van der Waals surface area contributed by atoms with Crippen molar-refractivity contribution in [3.8, 4) is 5.75 Å². The van der Waals surface area contributed by atoms with Crippen molar-refractivity contribution in [2.24, 2.45) is 0 Å². The summed E-state index contributed by atoms with van der Waals surface area (Å²) >= 11 is 0. The second-order valence-corrected chi connectivity index (χ2v) is 5.18. The first-order valence-electron chi connectivity index (χ1n) is 7.57. The van der Waals surface area contributed by atoms with Crippen LogP contribution in [0.1, 0.15) is 10.5 Å². The van der Waals surface area contributed by atoms with Crippen LogP contribution in [0.25, 0.3) is 0 Å². The van der Waals surface area contributed by atoms with Crippen molar-refractivity contribution in [2.75, 3.05) is 17.7 Å². The number of nitrogens with zero attached hydrogens (tertiary/aromatic N) is 2. The summed E-state index contributed by atoms with van der Waals surface area (Å²) in [5.41, 5.74) is 0.0590. The van der Waals surface area contributed by atoms with Crippen molar-refractivity contribution >= 4 is 23.1 Å². The van der Waals surface area contributed by atoms with E-state index in [1.807, 2.05) is 12.1 Å². The number of carbonyl (C=O) groups is 1. The molecule has 0 atom stereocenters. The fourth-order valence-corrected chi connectivity index (χ4v) is 2.20. The number of carbonyl (C=O) groups excluding carboxylic acids is 1. The van der Waals surface area contributed by atoms with E-state index < -0.39 is 23.2 Å². The largest absolute Gasteiger partial charge is 0.495 e. The maximum Gasteiger partial charge on any atom is 0.276 e. The van der Waals surface area contributed by atoms with Gasteiger partial charge >= 0.3 is 0 Å². The molecule has 0 aliphatic heterocycles. The Hall–Kier alpha value is -3.55. The van der Waals surface area contributed by atoms with Gasteiger partial charge in [0, 0.05) is 0 Å². The van der Waals surface area contributed by atoms with Crippen molar-refractivity contribution in [3.05, 3.63) is 71.9 Å². The van der Waals surface area contributed by atoms with Gasteiger partial charge in [0.05, 0.1) is 12.8 Å². The van der Waals surface area contributed by atoms with Crippen LogP contribution in [0.2, 0.25) is 0 Å². The van der Waals surface area contributed by atoms with Gasteiger partial charge in [-0.1, -0.05) is 18.2 Å². The zero-order valence-electron chi connectivity index (χ0n) is 13.7. The summed E-state index contributed by atoms with van der Waals surface area (Å²) < 4.78 is 32.4. The maximum absolute atomic E-state index is 13.6. The molecule has 1 heterocycles. The van der Waals surface area contributed by atoms with Gasteiger partial charge < -0.3 is 15.4 Å². The van der Waals surface area contributed by atoms with Crippen LogP contribution in [-0.4, -0.2) is 23.2 Å². The quantitative estimate of drug-likeness (QED) is 0.728. The van der Waals surface area contributed by atoms with E-state index in [-0.39, 0.29) is 5.69 Å². The zero-order chi connectivity index (χ0) is 18.5. The molecule has 1 aromatic heterocycles. The van der Waals surface area contributed by atoms with Crippen molar-refractivity contribution in [3.63, 3.8) is 0 Å². The molecule has 0 saturated heterocycles. The molecule has 2 aromatic carbocycles. The van der Waals surface area contributed by atoms with E-state index in [0.29, 0.717) is 17.3 Å². The lowest BCUT2D eigenvalue weighted by molar-refractivity contribution is 0.102. The highest BCUT2D eigenvalue weighted by Gasteiger charge is 2.15. The third-order valence-corrected chi connectivity index (χ3v) is 3.47. The molecule has 0 spiro atoms. The summed E-state index contributed by atoms with van der Waals surface area (Å²) in [7, 11) is 1.54. The van der Waals surface area contributed by atoms with Crippen LogP contribution in [0.15, 0.2) is 54.6 Å². The second-order valence-electron chi connectivity index (χ2n) is 5.18. The molecule has 3 aromatic rings. The SMILES string of the molecule is COc1ccccc1Nc1ccc(C(=O)Nc2c(F)cccc2F)nn1. The van der Waals surface area contributed by atoms with Crippen molar-refractivity contribution in [2.45, 2.75) is 0 Å². The van der Waals surface area contributed by atoms with Gasteiger partial charge in [-0.05, 0) is 36.4 Å². The number of hydrogen-bond donors (Lipinski definition) is 2. The summed E-state index contributed by atoms with van der Waals surface area (Å²) in [6.07, 6.45) is 0. The highest BCUT2D eigenvalue weighted by molar-refractivity contribution is 6.02. The summed E-state index contributed by atoms with van der Waals surface area (Å²) in [4.78, 5) is 12.1. The van der Waals surface area contributed by atoms with Crippen LogP contribution in [-0.2, 0) is 0 Å². The van der Waals surface area contributed by atoms with E-state index >= 15 is 0 Å². The highest BCUT2D eigenvalue weighted by atomic mass is 19.1. The molecule has 8 heteroatoms. The zero-order valence-corrected chi connectivity index (χ0v) is 13.7. The van der Waals surface area contributed by atoms with Gasteiger partial charge in [0.25, 0.3) is 5.91 Å². The number of anilines is 3. The summed E-state index contributed by atoms with van der Waals surface area (Å²) in [6.45, 7) is 0. The summed E-state index contributed by atoms with van der Waals surface area (Å²) in [5, 5.41) is 12.8. The first-order chi connectivity index (χ1) is 12.6. The fraction of sp³-hybridized carbons (Fsp3) is 0.0556. The van der Waals surface area contributed by atoms with Crippen molar-refractivity contribution in [1.82, 2.24) is 10.2 Å². The number of para-hydroxylation sites is 3. The van der Waals surface area contributed by atoms with Gasteiger partial charge in [0.2, 0.25) is 0 Å². The number of ether oxygens (including phenoxy) is 1. The first-order valence-corrected chi connectivity index (χ1v) is 7.57. The third kappa shape index (κ3) is 3.75. The molecule has 1 amide bonds. The Morgan fingerprint density at radius 1 is 0.962 bits per heavy atom. The lowest BCUT2D eigenvalue weighted by Gasteiger charge is -2.10. The van der Waals surface area contributed by atoms with Gasteiger partial charge in [0.1, 0.15) is 23.1 Å². The Morgan fingerprint density at radius 3 is 2.35 bits per heavy atom. The molecular weight excluding hydrogens is 342 g/mol. The van der Waals surface area contributed by atoms with E-state index in [1.165, 1.54) is 18.2 Å². The minimum atomic E-state index is -0.874. The van der Waals surface area contributed by atoms with E-state index in [0.717, 1.165) is 12.1 Å². The van der Waals surface area contributed by atoms with Crippen LogP contribution in [0.3, 0.4) is 0 Å². The number of amides is 1. The molecule has 2 N–H and O–H groups in total. The van der Waals surface area contributed by atoms with E-state index in [9.17, 15) is 13.6 Å². The average Bonchev–Trinajstić information content (AvgIpc) is 2.66. The standard InChI is InChI=1S/C18H14F2N4O2/c1-26-15-8-3-2-7-13(15)21-16-10-9-14(23-24-16)18(25)22-17-11(19)5-4-6-12(17)20/h2-10H,1H3,(H,21,24)(H,22,25). The molecule has 6 nitrogen and oxygen atoms in total. The fourth-order valence-electron chi connectivity index (χ4n) is 2.20. The van der Waals surface area contributed by atoms with Crippen LogP contribution in [0, 0.1) is 11.6 Å². The van der Waals surface area contributed by atoms with Crippen molar-refractivity contribution < 1.29 is 18.3 Å². The van der Waals surface area contributed by atoms with E-state index in [1.54, 1.807) is 19.2 Å². The minimum Gasteiger partial charge on any atom is -0.495 e. The number of nitrogens with one attached hydrogen (secondary N) is 2. The minimum absolute atomic E-state index is 0.0850. The highest BCUT2D eigenvalue weighted by Crippen LogP contribution is 2.26. The van der Waals surface area contributed by atoms with Gasteiger partial charge in [-0.15, -0.1) is 10.2 Å². The first kappa shape index (κ1) is 17.3. The van der Waals surface area contributed by atoms with E-state index in [2.05, 4.69) is 20.8 Å². The number of hydrogen-bond acceptors (Lipinski definition) is 5. The van der Waals surface area contributed by atoms with Gasteiger partial charge in [-0.3, -0.25) is 4.79 Å². The Labute approximate surface area is 147 Å². The molecule has 0 saturated carbocycles. The lowest BCUT2D eigenvalue weighted by Crippen LogP contribution is -2.16. The monoisotopic (exact) mass is 356 g/mol. The molecule has 3 rings (SSSR count). The average molecular weight is 356 g/mol. The van der Waals surface area contributed by atoms with Crippen LogP contribution in [0.5, 0.6) is 5.75 Å². The van der Waals surface area contributed by atoms with Gasteiger partial charge in [-0.2, -0.15) is 0 Å². The normalized spacial score (nSPS) is 10.3. The Morgan fingerprint density at radius 2 is 1.69 bits per heavy atom. The molecule has 0 radical (unpaired) electrons. The lowest BCUT2D eigenvalue weighted by atomic mass is 10.2. The van der Waals surface area contributed by atoms with Crippen LogP contribution >= 0.6 is 0 Å². The topological polar surface area (TPSA) is 76.1 Å². The molecule has 0 aliphatic carbocycles. The molecule has 132 valence electrons. The molecular formula is C18H14F2N4O2.